The van der Waals surface area contributed by atoms with Crippen molar-refractivity contribution < 1.29 is 9.53 Å². The maximum atomic E-state index is 13.1. The predicted molar refractivity (Wildman–Crippen MR) is 150 cm³/mol. The van der Waals surface area contributed by atoms with E-state index in [1.165, 1.54) is 10.2 Å². The lowest BCUT2D eigenvalue weighted by atomic mass is 10.0. The van der Waals surface area contributed by atoms with Crippen molar-refractivity contribution in [3.63, 3.8) is 0 Å². The Morgan fingerprint density at radius 1 is 0.811 bits per heavy atom. The van der Waals surface area contributed by atoms with Crippen LogP contribution in [0.4, 0.5) is 10.5 Å². The summed E-state index contributed by atoms with van der Waals surface area (Å²) in [6.07, 6.45) is 1.74. The second kappa shape index (κ2) is 10.7. The first-order chi connectivity index (χ1) is 18.0. The van der Waals surface area contributed by atoms with Crippen LogP contribution in [-0.4, -0.2) is 15.8 Å². The monoisotopic (exact) mass is 507 g/mol. The summed E-state index contributed by atoms with van der Waals surface area (Å²) in [5.74, 6) is 1.92. The lowest BCUT2D eigenvalue weighted by Gasteiger charge is -2.10. The van der Waals surface area contributed by atoms with Gasteiger partial charge in [0.05, 0.1) is 0 Å². The van der Waals surface area contributed by atoms with Crippen LogP contribution in [0.1, 0.15) is 25.3 Å². The number of carbonyl (C=O) groups excluding carboxylic acids is 1. The highest BCUT2D eigenvalue weighted by atomic mass is 35.5. The smallest absolute Gasteiger partial charge is 0.346 e. The molecule has 0 spiro atoms. The Hall–Kier alpha value is -4.35. The summed E-state index contributed by atoms with van der Waals surface area (Å²) in [5.41, 5.74) is 5.29. The van der Waals surface area contributed by atoms with Crippen LogP contribution < -0.4 is 10.1 Å². The highest BCUT2D eigenvalue weighted by molar-refractivity contribution is 6.30. The number of carbonyl (C=O) groups is 1. The van der Waals surface area contributed by atoms with Crippen molar-refractivity contribution in [2.75, 3.05) is 5.32 Å². The van der Waals surface area contributed by atoms with Crippen molar-refractivity contribution in [1.82, 2.24) is 9.78 Å². The van der Waals surface area contributed by atoms with Crippen LogP contribution >= 0.6 is 11.6 Å². The van der Waals surface area contributed by atoms with Gasteiger partial charge in [-0.15, -0.1) is 0 Å². The van der Waals surface area contributed by atoms with Gasteiger partial charge >= 0.3 is 6.03 Å². The molecule has 1 N–H and O–H groups in total. The molecule has 0 aliphatic heterocycles. The van der Waals surface area contributed by atoms with E-state index in [0.717, 1.165) is 22.4 Å². The highest BCUT2D eigenvalue weighted by Crippen LogP contribution is 2.32. The van der Waals surface area contributed by atoms with Crippen LogP contribution in [0.2, 0.25) is 5.02 Å². The summed E-state index contributed by atoms with van der Waals surface area (Å²) >= 11 is 6.08. The van der Waals surface area contributed by atoms with E-state index in [0.29, 0.717) is 28.1 Å². The second-order valence-electron chi connectivity index (χ2n) is 8.99. The Labute approximate surface area is 221 Å². The number of aromatic nitrogens is 2. The second-order valence-corrected chi connectivity index (χ2v) is 9.43. The molecule has 0 bridgehead atoms. The maximum Gasteiger partial charge on any atom is 0.346 e. The third-order valence-electron chi connectivity index (χ3n) is 6.01. The van der Waals surface area contributed by atoms with Gasteiger partial charge in [0.15, 0.2) is 0 Å². The van der Waals surface area contributed by atoms with Crippen molar-refractivity contribution >= 4 is 23.3 Å². The molecule has 5 rings (SSSR count). The molecule has 1 heterocycles. The quantitative estimate of drug-likeness (QED) is 0.249. The van der Waals surface area contributed by atoms with Crippen LogP contribution in [0.3, 0.4) is 0 Å². The summed E-state index contributed by atoms with van der Waals surface area (Å²) in [6, 6.07) is 32.2. The van der Waals surface area contributed by atoms with E-state index < -0.39 is 0 Å². The first kappa shape index (κ1) is 24.3. The molecule has 0 fully saturated rings. The number of halogens is 1. The number of anilines is 1. The van der Waals surface area contributed by atoms with Gasteiger partial charge in [0.25, 0.3) is 0 Å². The molecule has 0 aliphatic carbocycles. The van der Waals surface area contributed by atoms with Crippen molar-refractivity contribution in [2.24, 2.45) is 0 Å². The molecular weight excluding hydrogens is 482 g/mol. The number of nitrogens with one attached hydrogen (secondary N) is 1. The van der Waals surface area contributed by atoms with Crippen LogP contribution in [0.25, 0.3) is 22.4 Å². The molecule has 4 aromatic carbocycles. The Bertz CT molecular complexity index is 1490. The number of ether oxygens (including phenoxy) is 1. The SMILES string of the molecule is CC(C)c1ccc(Oc2ccc(NC(=O)n3cc(-c4ccccc4)c(-c4ccc(Cl)cc4)n3)cc2)cc1. The first-order valence-electron chi connectivity index (χ1n) is 12.1. The normalized spacial score (nSPS) is 10.9. The van der Waals surface area contributed by atoms with E-state index in [4.69, 9.17) is 16.3 Å². The molecule has 0 aliphatic rings. The number of amides is 1. The molecule has 6 heteroatoms. The van der Waals surface area contributed by atoms with Crippen molar-refractivity contribution in [3.8, 4) is 33.9 Å². The third-order valence-corrected chi connectivity index (χ3v) is 6.26. The number of nitrogens with zero attached hydrogens (tertiary/aromatic N) is 2. The van der Waals surface area contributed by atoms with E-state index in [9.17, 15) is 4.79 Å². The topological polar surface area (TPSA) is 56.1 Å². The van der Waals surface area contributed by atoms with E-state index in [2.05, 4.69) is 36.4 Å². The van der Waals surface area contributed by atoms with E-state index >= 15 is 0 Å². The Morgan fingerprint density at radius 3 is 2.05 bits per heavy atom. The average Bonchev–Trinajstić information content (AvgIpc) is 3.37. The first-order valence-corrected chi connectivity index (χ1v) is 12.4. The maximum absolute atomic E-state index is 13.1. The fraction of sp³-hybridized carbons (Fsp3) is 0.0968. The van der Waals surface area contributed by atoms with E-state index in [1.807, 2.05) is 78.9 Å². The van der Waals surface area contributed by atoms with Gasteiger partial charge in [-0.1, -0.05) is 80.0 Å². The standard InChI is InChI=1S/C31H26ClN3O2/c1-21(2)22-10-16-27(17-11-22)37-28-18-14-26(15-19-28)33-31(36)35-20-29(23-6-4-3-5-7-23)30(34-35)24-8-12-25(32)13-9-24/h3-21H,1-2H3,(H,33,36). The van der Waals surface area contributed by atoms with Gasteiger partial charge in [-0.05, 0) is 65.6 Å². The Kier molecular flexibility index (Phi) is 7.06. The van der Waals surface area contributed by atoms with Crippen LogP contribution in [0.15, 0.2) is 109 Å². The predicted octanol–water partition coefficient (Wildman–Crippen LogP) is 8.87. The molecule has 0 saturated heterocycles. The van der Waals surface area contributed by atoms with Gasteiger partial charge in [0.1, 0.15) is 17.2 Å². The minimum atomic E-state index is -0.365. The number of hydrogen-bond acceptors (Lipinski definition) is 3. The summed E-state index contributed by atoms with van der Waals surface area (Å²) in [4.78, 5) is 13.1. The van der Waals surface area contributed by atoms with Crippen molar-refractivity contribution in [2.45, 2.75) is 19.8 Å². The fourth-order valence-electron chi connectivity index (χ4n) is 3.97. The molecule has 184 valence electrons. The van der Waals surface area contributed by atoms with Gasteiger partial charge in [-0.2, -0.15) is 9.78 Å². The molecule has 0 unspecified atom stereocenters. The average molecular weight is 508 g/mol. The minimum Gasteiger partial charge on any atom is -0.457 e. The number of benzene rings is 4. The zero-order valence-electron chi connectivity index (χ0n) is 20.6. The van der Waals surface area contributed by atoms with Gasteiger partial charge < -0.3 is 10.1 Å². The van der Waals surface area contributed by atoms with Gasteiger partial charge in [0.2, 0.25) is 0 Å². The fourth-order valence-corrected chi connectivity index (χ4v) is 4.10. The van der Waals surface area contributed by atoms with E-state index in [1.54, 1.807) is 18.3 Å². The number of hydrogen-bond donors (Lipinski definition) is 1. The highest BCUT2D eigenvalue weighted by Gasteiger charge is 2.17. The summed E-state index contributed by atoms with van der Waals surface area (Å²) < 4.78 is 7.27. The molecule has 37 heavy (non-hydrogen) atoms. The zero-order valence-corrected chi connectivity index (χ0v) is 21.3. The van der Waals surface area contributed by atoms with Gasteiger partial charge in [-0.25, -0.2) is 4.79 Å². The molecule has 5 aromatic rings. The summed E-state index contributed by atoms with van der Waals surface area (Å²) in [6.45, 7) is 4.32. The van der Waals surface area contributed by atoms with Crippen LogP contribution in [0.5, 0.6) is 11.5 Å². The number of rotatable bonds is 6. The van der Waals surface area contributed by atoms with Crippen molar-refractivity contribution in [1.29, 1.82) is 0 Å². The molecule has 1 amide bonds. The molecule has 1 aromatic heterocycles. The lowest BCUT2D eigenvalue weighted by Crippen LogP contribution is -2.19. The zero-order chi connectivity index (χ0) is 25.8. The van der Waals surface area contributed by atoms with Crippen LogP contribution in [-0.2, 0) is 0 Å². The summed E-state index contributed by atoms with van der Waals surface area (Å²) in [5, 5.41) is 8.16. The van der Waals surface area contributed by atoms with E-state index in [-0.39, 0.29) is 6.03 Å². The Balaban J connectivity index is 1.34. The largest absolute Gasteiger partial charge is 0.457 e. The third kappa shape index (κ3) is 5.74. The van der Waals surface area contributed by atoms with Gasteiger partial charge in [0, 0.05) is 28.0 Å². The molecule has 0 radical (unpaired) electrons. The van der Waals surface area contributed by atoms with Crippen molar-refractivity contribution in [3.05, 3.63) is 120 Å². The Morgan fingerprint density at radius 2 is 1.43 bits per heavy atom. The van der Waals surface area contributed by atoms with Crippen LogP contribution in [0, 0.1) is 0 Å². The minimum absolute atomic E-state index is 0.365. The molecule has 0 saturated carbocycles. The molecular formula is C31H26ClN3O2. The lowest BCUT2D eigenvalue weighted by molar-refractivity contribution is 0.251. The molecule has 5 nitrogen and oxygen atoms in total. The molecule has 0 atom stereocenters. The van der Waals surface area contributed by atoms with Gasteiger partial charge in [-0.3, -0.25) is 0 Å². The summed E-state index contributed by atoms with van der Waals surface area (Å²) in [7, 11) is 0.